The summed E-state index contributed by atoms with van der Waals surface area (Å²) in [7, 11) is 0. The summed E-state index contributed by atoms with van der Waals surface area (Å²) in [5.41, 5.74) is 1.26. The largest absolute Gasteiger partial charge is 0.460 e. The average Bonchev–Trinajstić information content (AvgIpc) is 3.32. The van der Waals surface area contributed by atoms with E-state index < -0.39 is 0 Å². The first-order valence-electron chi connectivity index (χ1n) is 16.6. The minimum Gasteiger partial charge on any atom is -0.460 e. The maximum absolute atomic E-state index is 14.2. The summed E-state index contributed by atoms with van der Waals surface area (Å²) >= 11 is 0. The minimum absolute atomic E-state index is 0.0852. The molecule has 1 aromatic rings. The van der Waals surface area contributed by atoms with Crippen LogP contribution in [0.2, 0.25) is 0 Å². The molecule has 0 amide bonds. The Kier molecular flexibility index (Phi) is 6.72. The first kappa shape index (κ1) is 28.5. The zero-order valence-corrected chi connectivity index (χ0v) is 26.4. The lowest BCUT2D eigenvalue weighted by molar-refractivity contribution is -0.238. The molecule has 1 unspecified atom stereocenters. The second-order valence-electron chi connectivity index (χ2n) is 16.5. The topological polar surface area (TPSA) is 43.4 Å². The van der Waals surface area contributed by atoms with Crippen molar-refractivity contribution in [1.82, 2.24) is 0 Å². The molecule has 0 aromatic heterocycles. The third-order valence-electron chi connectivity index (χ3n) is 14.7. The van der Waals surface area contributed by atoms with Crippen LogP contribution >= 0.6 is 0 Å². The SMILES string of the molecule is CC(C)[C@@H]1CC[C@]2(C(=O)OCc3ccccc3)CC[C@]3(C)[C@H](CCC4[C@@]5(C)CCC(=O)C(C)(C)[C@@H]5CC[C@]43C)[C@@H]12. The van der Waals surface area contributed by atoms with Crippen LogP contribution in [0.3, 0.4) is 0 Å². The van der Waals surface area contributed by atoms with Crippen molar-refractivity contribution in [2.45, 2.75) is 119 Å². The van der Waals surface area contributed by atoms with Gasteiger partial charge in [0.05, 0.1) is 5.41 Å². The lowest BCUT2D eigenvalue weighted by Crippen LogP contribution is -2.66. The minimum atomic E-state index is -0.322. The van der Waals surface area contributed by atoms with Gasteiger partial charge in [-0.1, -0.05) is 78.8 Å². The van der Waals surface area contributed by atoms with E-state index in [0.29, 0.717) is 47.9 Å². The van der Waals surface area contributed by atoms with Gasteiger partial charge in [-0.3, -0.25) is 9.59 Å². The molecule has 0 heterocycles. The molecule has 5 saturated carbocycles. The summed E-state index contributed by atoms with van der Waals surface area (Å²) in [6.45, 7) is 17.5. The number of fused-ring (bicyclic) bond motifs is 7. The van der Waals surface area contributed by atoms with Crippen molar-refractivity contribution >= 4 is 11.8 Å². The van der Waals surface area contributed by atoms with Crippen molar-refractivity contribution in [1.29, 1.82) is 0 Å². The van der Waals surface area contributed by atoms with Crippen LogP contribution < -0.4 is 0 Å². The predicted molar refractivity (Wildman–Crippen MR) is 160 cm³/mol. The zero-order chi connectivity index (χ0) is 28.7. The average molecular weight is 547 g/mol. The van der Waals surface area contributed by atoms with Gasteiger partial charge in [0, 0.05) is 11.8 Å². The van der Waals surface area contributed by atoms with Crippen LogP contribution in [0.5, 0.6) is 0 Å². The summed E-state index contributed by atoms with van der Waals surface area (Å²) in [5.74, 6) is 3.88. The Morgan fingerprint density at radius 3 is 2.27 bits per heavy atom. The van der Waals surface area contributed by atoms with Gasteiger partial charge >= 0.3 is 5.97 Å². The second kappa shape index (κ2) is 9.43. The van der Waals surface area contributed by atoms with E-state index in [4.69, 9.17) is 4.74 Å². The van der Waals surface area contributed by atoms with Crippen molar-refractivity contribution in [2.24, 2.45) is 62.6 Å². The highest BCUT2D eigenvalue weighted by Crippen LogP contribution is 2.77. The summed E-state index contributed by atoms with van der Waals surface area (Å²) in [6.07, 6.45) is 11.0. The van der Waals surface area contributed by atoms with Crippen LogP contribution in [0.25, 0.3) is 0 Å². The number of ketones is 1. The number of ether oxygens (including phenoxy) is 1. The predicted octanol–water partition coefficient (Wildman–Crippen LogP) is 9.04. The van der Waals surface area contributed by atoms with E-state index in [-0.39, 0.29) is 33.0 Å². The van der Waals surface area contributed by atoms with E-state index in [1.807, 2.05) is 18.2 Å². The third-order valence-corrected chi connectivity index (χ3v) is 14.7. The summed E-state index contributed by atoms with van der Waals surface area (Å²) in [4.78, 5) is 27.2. The highest BCUT2D eigenvalue weighted by atomic mass is 16.5. The number of carbonyl (C=O) groups excluding carboxylic acids is 2. The molecule has 0 spiro atoms. The molecule has 3 heteroatoms. The van der Waals surface area contributed by atoms with E-state index >= 15 is 0 Å². The third kappa shape index (κ3) is 3.73. The Morgan fingerprint density at radius 1 is 0.850 bits per heavy atom. The molecular formula is C37H54O3. The van der Waals surface area contributed by atoms with Crippen molar-refractivity contribution in [3.05, 3.63) is 35.9 Å². The standard InChI is InChI=1S/C37H54O3/c1-24(2)26-15-20-37(32(39)40-23-25-11-9-8-10-12-25)22-21-35(6)27(31(26)37)13-14-29-34(5)18-17-30(38)33(3,4)28(34)16-19-36(29,35)7/h8-12,24,26-29,31H,13-23H2,1-7H3/t26-,27+,28-,29?,31+,34-,35+,36+,37-/m0/s1. The van der Waals surface area contributed by atoms with Crippen LogP contribution in [0.1, 0.15) is 118 Å². The van der Waals surface area contributed by atoms with Crippen molar-refractivity contribution < 1.29 is 14.3 Å². The molecule has 6 rings (SSSR count). The molecule has 1 aromatic carbocycles. The first-order chi connectivity index (χ1) is 18.8. The number of benzene rings is 1. The quantitative estimate of drug-likeness (QED) is 0.354. The van der Waals surface area contributed by atoms with Gasteiger partial charge in [0.15, 0.2) is 0 Å². The van der Waals surface area contributed by atoms with Gasteiger partial charge < -0.3 is 4.74 Å². The number of rotatable bonds is 4. The summed E-state index contributed by atoms with van der Waals surface area (Å²) in [5, 5.41) is 0. The van der Waals surface area contributed by atoms with Gasteiger partial charge in [0.2, 0.25) is 0 Å². The highest BCUT2D eigenvalue weighted by molar-refractivity contribution is 5.85. The van der Waals surface area contributed by atoms with E-state index in [2.05, 4.69) is 60.6 Å². The van der Waals surface area contributed by atoms with Crippen molar-refractivity contribution in [3.8, 4) is 0 Å². The van der Waals surface area contributed by atoms with Gasteiger partial charge in [-0.05, 0) is 115 Å². The maximum atomic E-state index is 14.2. The van der Waals surface area contributed by atoms with Crippen molar-refractivity contribution in [3.63, 3.8) is 0 Å². The van der Waals surface area contributed by atoms with Crippen LogP contribution in [0, 0.1) is 62.6 Å². The molecule has 3 nitrogen and oxygen atoms in total. The molecule has 220 valence electrons. The Morgan fingerprint density at radius 2 is 1.57 bits per heavy atom. The van der Waals surface area contributed by atoms with Gasteiger partial charge in [-0.25, -0.2) is 0 Å². The van der Waals surface area contributed by atoms with Gasteiger partial charge in [0.1, 0.15) is 12.4 Å². The number of hydrogen-bond donors (Lipinski definition) is 0. The maximum Gasteiger partial charge on any atom is 0.312 e. The molecule has 5 aliphatic rings. The fourth-order valence-corrected chi connectivity index (χ4v) is 12.4. The fourth-order valence-electron chi connectivity index (χ4n) is 12.4. The molecule has 9 atom stereocenters. The number of esters is 1. The Hall–Kier alpha value is -1.64. The van der Waals surface area contributed by atoms with Crippen LogP contribution in [0.15, 0.2) is 30.3 Å². The van der Waals surface area contributed by atoms with Crippen LogP contribution in [-0.4, -0.2) is 11.8 Å². The summed E-state index contributed by atoms with van der Waals surface area (Å²) < 4.78 is 6.19. The monoisotopic (exact) mass is 546 g/mol. The molecule has 5 aliphatic carbocycles. The van der Waals surface area contributed by atoms with Crippen LogP contribution in [-0.2, 0) is 20.9 Å². The number of hydrogen-bond acceptors (Lipinski definition) is 3. The highest BCUT2D eigenvalue weighted by Gasteiger charge is 2.72. The summed E-state index contributed by atoms with van der Waals surface area (Å²) in [6, 6.07) is 10.2. The molecule has 0 N–H and O–H groups in total. The Labute approximate surface area is 243 Å². The first-order valence-corrected chi connectivity index (χ1v) is 16.6. The fraction of sp³-hybridized carbons (Fsp3) is 0.784. The molecule has 0 bridgehead atoms. The van der Waals surface area contributed by atoms with E-state index in [0.717, 1.165) is 44.1 Å². The normalized spacial score (nSPS) is 45.7. The van der Waals surface area contributed by atoms with Crippen LogP contribution in [0.4, 0.5) is 0 Å². The second-order valence-corrected chi connectivity index (χ2v) is 16.5. The number of Topliss-reactive ketones (excluding diaryl/α,β-unsaturated/α-hetero) is 1. The van der Waals surface area contributed by atoms with Gasteiger partial charge in [-0.2, -0.15) is 0 Å². The smallest absolute Gasteiger partial charge is 0.312 e. The van der Waals surface area contributed by atoms with Gasteiger partial charge in [0.25, 0.3) is 0 Å². The van der Waals surface area contributed by atoms with Gasteiger partial charge in [-0.15, -0.1) is 0 Å². The lowest BCUT2D eigenvalue weighted by atomic mass is 9.32. The Balaban J connectivity index is 1.34. The molecule has 5 fully saturated rings. The van der Waals surface area contributed by atoms with E-state index in [1.54, 1.807) is 0 Å². The molecule has 0 aliphatic heterocycles. The number of carbonyl (C=O) groups is 2. The lowest BCUT2D eigenvalue weighted by Gasteiger charge is -2.72. The zero-order valence-electron chi connectivity index (χ0n) is 26.4. The van der Waals surface area contributed by atoms with Crippen molar-refractivity contribution in [2.75, 3.05) is 0 Å². The molecular weight excluding hydrogens is 492 g/mol. The van der Waals surface area contributed by atoms with E-state index in [1.165, 1.54) is 25.7 Å². The Bertz CT molecular complexity index is 1150. The molecule has 0 radical (unpaired) electrons. The van der Waals surface area contributed by atoms with E-state index in [9.17, 15) is 9.59 Å². The molecule has 40 heavy (non-hydrogen) atoms. The molecule has 0 saturated heterocycles.